The van der Waals surface area contributed by atoms with E-state index in [1.54, 1.807) is 24.3 Å². The molecular weight excluding hydrogens is 542 g/mol. The van der Waals surface area contributed by atoms with Crippen LogP contribution in [0.15, 0.2) is 97.1 Å². The number of hydrogen-bond donors (Lipinski definition) is 1. The van der Waals surface area contributed by atoms with E-state index in [9.17, 15) is 9.59 Å². The highest BCUT2D eigenvalue weighted by molar-refractivity contribution is 7.23. The number of benzene rings is 4. The number of amides is 1. The first-order valence-corrected chi connectivity index (χ1v) is 14.2. The summed E-state index contributed by atoms with van der Waals surface area (Å²) in [6, 6.07) is 31.8. The van der Waals surface area contributed by atoms with Crippen LogP contribution < -0.4 is 5.32 Å². The van der Waals surface area contributed by atoms with Gasteiger partial charge in [-0.15, -0.1) is 11.3 Å². The molecule has 4 aromatic carbocycles. The molecule has 1 amide bonds. The Labute approximate surface area is 241 Å². The number of halogens is 1. The number of anilines is 1. The normalized spacial score (nSPS) is 14.3. The quantitative estimate of drug-likeness (QED) is 0.190. The second-order valence-electron chi connectivity index (χ2n) is 9.86. The molecule has 0 spiro atoms. The van der Waals surface area contributed by atoms with Gasteiger partial charge in [0.05, 0.1) is 10.6 Å². The molecule has 1 aliphatic rings. The highest BCUT2D eigenvalue weighted by Crippen LogP contribution is 2.49. The lowest BCUT2D eigenvalue weighted by atomic mass is 9.99. The van der Waals surface area contributed by atoms with Gasteiger partial charge in [-0.3, -0.25) is 10.1 Å². The van der Waals surface area contributed by atoms with Gasteiger partial charge >= 0.3 is 6.09 Å². The second-order valence-corrected chi connectivity index (χ2v) is 11.3. The third-order valence-corrected chi connectivity index (χ3v) is 8.88. The van der Waals surface area contributed by atoms with Gasteiger partial charge in [-0.05, 0) is 54.2 Å². The van der Waals surface area contributed by atoms with Gasteiger partial charge in [-0.25, -0.2) is 4.79 Å². The molecule has 0 unspecified atom stereocenters. The predicted octanol–water partition coefficient (Wildman–Crippen LogP) is 9.36. The van der Waals surface area contributed by atoms with Crippen molar-refractivity contribution >= 4 is 51.3 Å². The van der Waals surface area contributed by atoms with Gasteiger partial charge in [0.2, 0.25) is 0 Å². The first-order chi connectivity index (χ1) is 19.5. The lowest BCUT2D eigenvalue weighted by Gasteiger charge is -2.16. The molecule has 40 heavy (non-hydrogen) atoms. The van der Waals surface area contributed by atoms with Crippen molar-refractivity contribution in [3.05, 3.63) is 113 Å². The number of rotatable bonds is 8. The Bertz CT molecular complexity index is 1690. The highest BCUT2D eigenvalue weighted by Gasteiger charge is 2.46. The van der Waals surface area contributed by atoms with Gasteiger partial charge in [0, 0.05) is 20.7 Å². The van der Waals surface area contributed by atoms with Crippen molar-refractivity contribution in [3.63, 3.8) is 0 Å². The Morgan fingerprint density at radius 3 is 2.20 bits per heavy atom. The molecule has 1 aliphatic carbocycles. The van der Waals surface area contributed by atoms with E-state index in [4.69, 9.17) is 21.1 Å². The van der Waals surface area contributed by atoms with Gasteiger partial charge in [-0.1, -0.05) is 96.5 Å². The van der Waals surface area contributed by atoms with Crippen LogP contribution in [0.1, 0.15) is 37.0 Å². The van der Waals surface area contributed by atoms with Crippen molar-refractivity contribution in [2.45, 2.75) is 31.5 Å². The van der Waals surface area contributed by atoms with Crippen LogP contribution in [0, 0.1) is 0 Å². The summed E-state index contributed by atoms with van der Waals surface area (Å²) >= 11 is 7.92. The number of carbonyl (C=O) groups is 2. The molecule has 200 valence electrons. The van der Waals surface area contributed by atoms with Crippen LogP contribution in [-0.2, 0) is 19.9 Å². The molecule has 0 aliphatic heterocycles. The highest BCUT2D eigenvalue weighted by atomic mass is 35.5. The summed E-state index contributed by atoms with van der Waals surface area (Å²) in [6.45, 7) is 2.34. The molecule has 1 N–H and O–H groups in total. The van der Waals surface area contributed by atoms with Crippen LogP contribution in [0.3, 0.4) is 0 Å². The maximum absolute atomic E-state index is 13.0. The molecule has 1 aromatic heterocycles. The third kappa shape index (κ3) is 5.08. The van der Waals surface area contributed by atoms with E-state index in [1.165, 1.54) is 0 Å². The first kappa shape index (κ1) is 26.1. The molecule has 0 radical (unpaired) electrons. The molecule has 6 rings (SSSR count). The summed E-state index contributed by atoms with van der Waals surface area (Å²) in [5.74, 6) is 0. The van der Waals surface area contributed by atoms with Crippen LogP contribution >= 0.6 is 22.9 Å². The summed E-state index contributed by atoms with van der Waals surface area (Å²) in [7, 11) is 0. The zero-order valence-corrected chi connectivity index (χ0v) is 23.3. The fourth-order valence-corrected chi connectivity index (χ4v) is 6.45. The molecule has 1 atom stereocenters. The third-order valence-electron chi connectivity index (χ3n) is 7.32. The van der Waals surface area contributed by atoms with E-state index < -0.39 is 17.8 Å². The van der Waals surface area contributed by atoms with Crippen molar-refractivity contribution < 1.29 is 19.1 Å². The summed E-state index contributed by atoms with van der Waals surface area (Å²) in [6.07, 6.45) is 0.670. The topological polar surface area (TPSA) is 64.6 Å². The Kier molecular flexibility index (Phi) is 7.05. The smallest absolute Gasteiger partial charge is 0.412 e. The molecule has 0 saturated heterocycles. The standard InChI is InChI=1S/C33H26ClNO4S/c1-21(26-6-2-4-8-28(26)34)39-32(37)35-30-27-7-3-5-9-29(27)40-31(30)24-12-10-22(11-13-24)23-14-16-25(17-15-23)33(18-19-33)38-20-36/h2-17,20-21H,18-19H2,1H3,(H,35,37)/t21-/m1/s1. The van der Waals surface area contributed by atoms with Crippen LogP contribution in [0.2, 0.25) is 5.02 Å². The lowest BCUT2D eigenvalue weighted by molar-refractivity contribution is -0.136. The van der Waals surface area contributed by atoms with Gasteiger partial charge in [0.15, 0.2) is 0 Å². The first-order valence-electron chi connectivity index (χ1n) is 13.0. The minimum absolute atomic E-state index is 0.443. The van der Waals surface area contributed by atoms with Gasteiger partial charge in [0.1, 0.15) is 11.7 Å². The fraction of sp³-hybridized carbons (Fsp3) is 0.152. The molecule has 7 heteroatoms. The monoisotopic (exact) mass is 567 g/mol. The number of ether oxygens (including phenoxy) is 2. The van der Waals surface area contributed by atoms with Crippen molar-refractivity contribution in [2.24, 2.45) is 0 Å². The number of thiophene rings is 1. The zero-order valence-electron chi connectivity index (χ0n) is 21.7. The van der Waals surface area contributed by atoms with Crippen molar-refractivity contribution in [2.75, 3.05) is 5.32 Å². The molecule has 1 fully saturated rings. The fourth-order valence-electron chi connectivity index (χ4n) is 4.99. The Morgan fingerprint density at radius 2 is 1.52 bits per heavy atom. The van der Waals surface area contributed by atoms with Gasteiger partial charge in [0.25, 0.3) is 6.47 Å². The largest absolute Gasteiger partial charge is 0.456 e. The van der Waals surface area contributed by atoms with E-state index >= 15 is 0 Å². The average Bonchev–Trinajstić information content (AvgIpc) is 3.68. The minimum atomic E-state index is -0.541. The predicted molar refractivity (Wildman–Crippen MR) is 161 cm³/mol. The average molecular weight is 568 g/mol. The maximum atomic E-state index is 13.0. The van der Waals surface area contributed by atoms with Crippen molar-refractivity contribution in [3.8, 4) is 21.6 Å². The van der Waals surface area contributed by atoms with Crippen LogP contribution in [-0.4, -0.2) is 12.6 Å². The van der Waals surface area contributed by atoms with Crippen LogP contribution in [0.25, 0.3) is 31.7 Å². The Hall–Kier alpha value is -4.13. The van der Waals surface area contributed by atoms with E-state index in [2.05, 4.69) is 41.7 Å². The minimum Gasteiger partial charge on any atom is -0.456 e. The number of fused-ring (bicyclic) bond motifs is 1. The number of hydrogen-bond acceptors (Lipinski definition) is 5. The van der Waals surface area contributed by atoms with E-state index in [0.29, 0.717) is 11.5 Å². The van der Waals surface area contributed by atoms with E-state index in [1.807, 2.05) is 54.6 Å². The number of nitrogens with one attached hydrogen (secondary N) is 1. The maximum Gasteiger partial charge on any atom is 0.412 e. The van der Waals surface area contributed by atoms with Crippen molar-refractivity contribution in [1.29, 1.82) is 0 Å². The Morgan fingerprint density at radius 1 is 0.900 bits per heavy atom. The van der Waals surface area contributed by atoms with Crippen molar-refractivity contribution in [1.82, 2.24) is 0 Å². The molecule has 0 bridgehead atoms. The van der Waals surface area contributed by atoms with E-state index in [-0.39, 0.29) is 0 Å². The van der Waals surface area contributed by atoms with E-state index in [0.717, 1.165) is 61.3 Å². The van der Waals surface area contributed by atoms with Crippen LogP contribution in [0.4, 0.5) is 10.5 Å². The van der Waals surface area contributed by atoms with Gasteiger partial charge < -0.3 is 9.47 Å². The molecule has 5 nitrogen and oxygen atoms in total. The molecule has 5 aromatic rings. The zero-order chi connectivity index (χ0) is 27.7. The SMILES string of the molecule is C[C@@H](OC(=O)Nc1c(-c2ccc(-c3ccc(C4(OC=O)CC4)cc3)cc2)sc2ccccc12)c1ccccc1Cl. The number of carbonyl (C=O) groups excluding carboxylic acids is 2. The Balaban J connectivity index is 1.25. The van der Waals surface area contributed by atoms with Gasteiger partial charge in [-0.2, -0.15) is 0 Å². The van der Waals surface area contributed by atoms with Crippen LogP contribution in [0.5, 0.6) is 0 Å². The molecule has 1 heterocycles. The molecular formula is C33H26ClNO4S. The summed E-state index contributed by atoms with van der Waals surface area (Å²) in [5, 5.41) is 4.52. The molecule has 1 saturated carbocycles. The summed E-state index contributed by atoms with van der Waals surface area (Å²) in [5.41, 5.74) is 5.19. The summed E-state index contributed by atoms with van der Waals surface area (Å²) < 4.78 is 12.1. The second kappa shape index (κ2) is 10.8. The summed E-state index contributed by atoms with van der Waals surface area (Å²) in [4.78, 5) is 24.8. The lowest BCUT2D eigenvalue weighted by Crippen LogP contribution is -2.16.